The van der Waals surface area contributed by atoms with Crippen molar-refractivity contribution in [3.63, 3.8) is 0 Å². The first-order valence-electron chi connectivity index (χ1n) is 5.90. The smallest absolute Gasteiger partial charge is 0.410 e. The molecule has 0 N–H and O–H groups in total. The second kappa shape index (κ2) is 4.62. The lowest BCUT2D eigenvalue weighted by Crippen LogP contribution is -2.57. The third kappa shape index (κ3) is 3.37. The number of hydrogen-bond donors (Lipinski definition) is 0. The van der Waals surface area contributed by atoms with Crippen LogP contribution in [0.5, 0.6) is 0 Å². The van der Waals surface area contributed by atoms with Gasteiger partial charge >= 0.3 is 6.09 Å². The van der Waals surface area contributed by atoms with Crippen molar-refractivity contribution >= 4 is 6.09 Å². The first-order valence-corrected chi connectivity index (χ1v) is 5.90. The van der Waals surface area contributed by atoms with Gasteiger partial charge in [0.1, 0.15) is 5.60 Å². The molecule has 2 atom stereocenters. The van der Waals surface area contributed by atoms with Crippen LogP contribution in [0.1, 0.15) is 34.6 Å². The molecule has 4 nitrogen and oxygen atoms in total. The van der Waals surface area contributed by atoms with Crippen molar-refractivity contribution in [2.24, 2.45) is 0 Å². The minimum Gasteiger partial charge on any atom is -0.444 e. The van der Waals surface area contributed by atoms with E-state index in [-0.39, 0.29) is 12.1 Å². The fraction of sp³-hybridized carbons (Fsp3) is 0.917. The van der Waals surface area contributed by atoms with Crippen molar-refractivity contribution in [1.29, 1.82) is 0 Å². The Morgan fingerprint density at radius 3 is 2.25 bits per heavy atom. The topological polar surface area (TPSA) is 32.8 Å². The van der Waals surface area contributed by atoms with Gasteiger partial charge in [-0.2, -0.15) is 0 Å². The maximum absolute atomic E-state index is 12.0. The summed E-state index contributed by atoms with van der Waals surface area (Å²) >= 11 is 0. The number of nitrogens with zero attached hydrogens (tertiary/aromatic N) is 2. The van der Waals surface area contributed by atoms with Crippen LogP contribution in [0.15, 0.2) is 0 Å². The quantitative estimate of drug-likeness (QED) is 0.635. The summed E-state index contributed by atoms with van der Waals surface area (Å²) in [4.78, 5) is 16.1. The molecule has 0 saturated carbocycles. The lowest BCUT2D eigenvalue weighted by Gasteiger charge is -2.42. The van der Waals surface area contributed by atoms with Crippen molar-refractivity contribution < 1.29 is 9.53 Å². The third-order valence-electron chi connectivity index (χ3n) is 2.93. The van der Waals surface area contributed by atoms with E-state index < -0.39 is 5.60 Å². The Bertz CT molecular complexity index is 260. The molecule has 1 amide bonds. The van der Waals surface area contributed by atoms with Crippen LogP contribution in [-0.4, -0.2) is 53.7 Å². The van der Waals surface area contributed by atoms with E-state index in [9.17, 15) is 4.79 Å². The minimum absolute atomic E-state index is 0.194. The van der Waals surface area contributed by atoms with Gasteiger partial charge in [-0.3, -0.25) is 4.90 Å². The summed E-state index contributed by atoms with van der Waals surface area (Å²) in [6.07, 6.45) is -0.194. The Balaban J connectivity index is 2.62. The fourth-order valence-corrected chi connectivity index (χ4v) is 1.87. The molecule has 1 aliphatic rings. The number of carbonyl (C=O) groups is 1. The van der Waals surface area contributed by atoms with E-state index in [4.69, 9.17) is 4.74 Å². The lowest BCUT2D eigenvalue weighted by atomic mass is 10.1. The highest BCUT2D eigenvalue weighted by atomic mass is 16.6. The van der Waals surface area contributed by atoms with Crippen molar-refractivity contribution in [2.45, 2.75) is 52.3 Å². The van der Waals surface area contributed by atoms with E-state index in [0.717, 1.165) is 13.1 Å². The number of carbonyl (C=O) groups excluding carboxylic acids is 1. The third-order valence-corrected chi connectivity index (χ3v) is 2.93. The van der Waals surface area contributed by atoms with E-state index in [2.05, 4.69) is 25.8 Å². The second-order valence-electron chi connectivity index (χ2n) is 5.77. The maximum atomic E-state index is 12.0. The highest BCUT2D eigenvalue weighted by molar-refractivity contribution is 5.68. The molecule has 16 heavy (non-hydrogen) atoms. The van der Waals surface area contributed by atoms with Gasteiger partial charge in [0.25, 0.3) is 0 Å². The molecule has 1 saturated heterocycles. The molecule has 1 heterocycles. The van der Waals surface area contributed by atoms with Crippen LogP contribution in [0.3, 0.4) is 0 Å². The molecule has 0 aromatic carbocycles. The van der Waals surface area contributed by atoms with E-state index in [1.54, 1.807) is 0 Å². The summed E-state index contributed by atoms with van der Waals surface area (Å²) < 4.78 is 5.40. The lowest BCUT2D eigenvalue weighted by molar-refractivity contribution is -0.00532. The first-order chi connectivity index (χ1) is 7.20. The van der Waals surface area contributed by atoms with Gasteiger partial charge in [-0.25, -0.2) is 4.79 Å². The molecule has 1 aliphatic heterocycles. The zero-order valence-electron chi connectivity index (χ0n) is 11.3. The Morgan fingerprint density at radius 2 is 1.75 bits per heavy atom. The molecule has 4 heteroatoms. The van der Waals surface area contributed by atoms with Gasteiger partial charge in [-0.15, -0.1) is 0 Å². The zero-order chi connectivity index (χ0) is 12.5. The average Bonchev–Trinajstić information content (AvgIpc) is 2.08. The highest BCUT2D eigenvalue weighted by Gasteiger charge is 2.32. The van der Waals surface area contributed by atoms with Crippen molar-refractivity contribution in [2.75, 3.05) is 20.1 Å². The van der Waals surface area contributed by atoms with E-state index in [1.165, 1.54) is 0 Å². The van der Waals surface area contributed by atoms with Gasteiger partial charge in [-0.1, -0.05) is 0 Å². The van der Waals surface area contributed by atoms with Crippen LogP contribution in [-0.2, 0) is 4.74 Å². The summed E-state index contributed by atoms with van der Waals surface area (Å²) in [5, 5.41) is 0. The number of amides is 1. The van der Waals surface area contributed by atoms with Gasteiger partial charge in [0.05, 0.1) is 0 Å². The number of likely N-dealkylation sites (N-methyl/N-ethyl adjacent to an activating group) is 1. The number of ether oxygens (including phenoxy) is 1. The van der Waals surface area contributed by atoms with Crippen LogP contribution in [0.25, 0.3) is 0 Å². The van der Waals surface area contributed by atoms with Gasteiger partial charge in [-0.05, 0) is 41.7 Å². The minimum atomic E-state index is -0.413. The van der Waals surface area contributed by atoms with Crippen LogP contribution < -0.4 is 0 Å². The van der Waals surface area contributed by atoms with Gasteiger partial charge in [0.2, 0.25) is 0 Å². The Morgan fingerprint density at radius 1 is 1.19 bits per heavy atom. The summed E-state index contributed by atoms with van der Waals surface area (Å²) in [6, 6.07) is 0.611. The summed E-state index contributed by atoms with van der Waals surface area (Å²) in [5.74, 6) is 0. The monoisotopic (exact) mass is 228 g/mol. The molecule has 0 bridgehead atoms. The van der Waals surface area contributed by atoms with Crippen molar-refractivity contribution in [3.8, 4) is 0 Å². The molecular weight excluding hydrogens is 204 g/mol. The average molecular weight is 228 g/mol. The molecule has 1 rings (SSSR count). The second-order valence-corrected chi connectivity index (χ2v) is 5.77. The van der Waals surface area contributed by atoms with Crippen LogP contribution >= 0.6 is 0 Å². The number of hydrogen-bond acceptors (Lipinski definition) is 3. The molecule has 94 valence electrons. The standard InChI is InChI=1S/C12H24N2O2/c1-9-8-14(10(2)7-13(9)6)11(15)16-12(3,4)5/h9-10H,7-8H2,1-6H3. The summed E-state index contributed by atoms with van der Waals surface area (Å²) in [7, 11) is 2.09. The van der Waals surface area contributed by atoms with Gasteiger partial charge < -0.3 is 9.64 Å². The van der Waals surface area contributed by atoms with Crippen molar-refractivity contribution in [3.05, 3.63) is 0 Å². The molecule has 2 unspecified atom stereocenters. The SMILES string of the molecule is CC1CN(C(=O)OC(C)(C)C)C(C)CN1C. The number of rotatable bonds is 0. The molecule has 0 spiro atoms. The maximum Gasteiger partial charge on any atom is 0.410 e. The van der Waals surface area contributed by atoms with E-state index >= 15 is 0 Å². The molecule has 0 radical (unpaired) electrons. The van der Waals surface area contributed by atoms with Gasteiger partial charge in [0, 0.05) is 25.2 Å². The molecule has 0 aromatic heterocycles. The van der Waals surface area contributed by atoms with Gasteiger partial charge in [0.15, 0.2) is 0 Å². The molecular formula is C12H24N2O2. The summed E-state index contributed by atoms with van der Waals surface area (Å²) in [5.41, 5.74) is -0.413. The van der Waals surface area contributed by atoms with E-state index in [1.807, 2.05) is 25.7 Å². The molecule has 1 fully saturated rings. The largest absolute Gasteiger partial charge is 0.444 e. The Kier molecular flexibility index (Phi) is 3.84. The highest BCUT2D eigenvalue weighted by Crippen LogP contribution is 2.17. The van der Waals surface area contributed by atoms with Crippen LogP contribution in [0, 0.1) is 0 Å². The first kappa shape index (κ1) is 13.3. The Labute approximate surface area is 98.5 Å². The van der Waals surface area contributed by atoms with Crippen molar-refractivity contribution in [1.82, 2.24) is 9.80 Å². The van der Waals surface area contributed by atoms with Crippen LogP contribution in [0.2, 0.25) is 0 Å². The fourth-order valence-electron chi connectivity index (χ4n) is 1.87. The zero-order valence-corrected chi connectivity index (χ0v) is 11.3. The Hall–Kier alpha value is -0.770. The normalized spacial score (nSPS) is 28.0. The molecule has 0 aromatic rings. The summed E-state index contributed by atoms with van der Waals surface area (Å²) in [6.45, 7) is 11.5. The number of piperazine rings is 1. The predicted molar refractivity (Wildman–Crippen MR) is 64.5 cm³/mol. The molecule has 0 aliphatic carbocycles. The van der Waals surface area contributed by atoms with E-state index in [0.29, 0.717) is 6.04 Å². The predicted octanol–water partition coefficient (Wildman–Crippen LogP) is 1.95. The van der Waals surface area contributed by atoms with Crippen LogP contribution in [0.4, 0.5) is 4.79 Å².